The number of primary amides is 1. The zero-order valence-electron chi connectivity index (χ0n) is 10.4. The minimum atomic E-state index is -1.23. The lowest BCUT2D eigenvalue weighted by molar-refractivity contribution is -0.139. The monoisotopic (exact) mass is 343 g/mol. The molecule has 8 heteroatoms. The Bertz CT molecular complexity index is 548. The molecule has 1 rings (SSSR count). The molecule has 1 unspecified atom stereocenters. The molecule has 6 N–H and O–H groups in total. The summed E-state index contributed by atoms with van der Waals surface area (Å²) in [7, 11) is 0. The van der Waals surface area contributed by atoms with Crippen LogP contribution in [0.1, 0.15) is 23.2 Å². The average Bonchev–Trinajstić information content (AvgIpc) is 2.36. The van der Waals surface area contributed by atoms with Crippen molar-refractivity contribution in [3.05, 3.63) is 28.2 Å². The summed E-state index contributed by atoms with van der Waals surface area (Å²) in [5.41, 5.74) is 11.3. The van der Waals surface area contributed by atoms with Crippen LogP contribution in [0, 0.1) is 0 Å². The molecule has 0 aliphatic carbocycles. The molecular formula is C12H14BrN3O4. The summed E-state index contributed by atoms with van der Waals surface area (Å²) in [6.45, 7) is 0. The summed E-state index contributed by atoms with van der Waals surface area (Å²) in [4.78, 5) is 33.6. The number of nitrogen functional groups attached to an aromatic ring is 1. The molecular weight excluding hydrogens is 330 g/mol. The van der Waals surface area contributed by atoms with Crippen LogP contribution in [0.2, 0.25) is 0 Å². The molecule has 20 heavy (non-hydrogen) atoms. The maximum Gasteiger partial charge on any atom is 0.326 e. The number of hydrogen-bond donors (Lipinski definition) is 4. The number of anilines is 1. The lowest BCUT2D eigenvalue weighted by atomic mass is 10.1. The van der Waals surface area contributed by atoms with Gasteiger partial charge in [0.15, 0.2) is 0 Å². The zero-order chi connectivity index (χ0) is 15.3. The van der Waals surface area contributed by atoms with Crippen molar-refractivity contribution in [2.45, 2.75) is 18.9 Å². The standard InChI is InChI=1S/C12H14BrN3O4/c13-7-5-6(1-2-8(7)14)11(18)16-9(12(19)20)3-4-10(15)17/h1-2,5,9H,3-4,14H2,(H2,15,17)(H,16,18)(H,19,20). The third kappa shape index (κ3) is 4.54. The van der Waals surface area contributed by atoms with Gasteiger partial charge in [-0.1, -0.05) is 0 Å². The Morgan fingerprint density at radius 3 is 2.50 bits per heavy atom. The van der Waals surface area contributed by atoms with Crippen molar-refractivity contribution in [1.29, 1.82) is 0 Å². The highest BCUT2D eigenvalue weighted by atomic mass is 79.9. The van der Waals surface area contributed by atoms with Gasteiger partial charge >= 0.3 is 5.97 Å². The number of carbonyl (C=O) groups is 3. The number of rotatable bonds is 6. The fourth-order valence-corrected chi connectivity index (χ4v) is 1.83. The van der Waals surface area contributed by atoms with Crippen molar-refractivity contribution in [2.24, 2.45) is 5.73 Å². The highest BCUT2D eigenvalue weighted by molar-refractivity contribution is 9.10. The summed E-state index contributed by atoms with van der Waals surface area (Å²) in [5, 5.41) is 11.3. The molecule has 0 heterocycles. The number of carbonyl (C=O) groups excluding carboxylic acids is 2. The van der Waals surface area contributed by atoms with E-state index in [1.165, 1.54) is 18.2 Å². The van der Waals surface area contributed by atoms with Crippen LogP contribution in [0.5, 0.6) is 0 Å². The van der Waals surface area contributed by atoms with Gasteiger partial charge in [0.1, 0.15) is 6.04 Å². The van der Waals surface area contributed by atoms with E-state index in [2.05, 4.69) is 21.2 Å². The number of hydrogen-bond acceptors (Lipinski definition) is 4. The van der Waals surface area contributed by atoms with Gasteiger partial charge < -0.3 is 21.9 Å². The molecule has 0 aromatic heterocycles. The second-order valence-electron chi connectivity index (χ2n) is 4.11. The maximum absolute atomic E-state index is 11.9. The first-order chi connectivity index (χ1) is 9.31. The molecule has 0 bridgehead atoms. The fourth-order valence-electron chi connectivity index (χ4n) is 1.45. The van der Waals surface area contributed by atoms with Crippen molar-refractivity contribution in [1.82, 2.24) is 5.32 Å². The van der Waals surface area contributed by atoms with Crippen molar-refractivity contribution in [3.63, 3.8) is 0 Å². The van der Waals surface area contributed by atoms with Crippen LogP contribution in [0.4, 0.5) is 5.69 Å². The molecule has 0 aliphatic rings. The number of halogens is 1. The fraction of sp³-hybridized carbons (Fsp3) is 0.250. The maximum atomic E-state index is 11.9. The van der Waals surface area contributed by atoms with E-state index in [4.69, 9.17) is 16.6 Å². The summed E-state index contributed by atoms with van der Waals surface area (Å²) < 4.78 is 0.536. The lowest BCUT2D eigenvalue weighted by Crippen LogP contribution is -2.41. The number of benzene rings is 1. The Morgan fingerprint density at radius 2 is 2.00 bits per heavy atom. The van der Waals surface area contributed by atoms with Gasteiger partial charge in [0.05, 0.1) is 0 Å². The molecule has 7 nitrogen and oxygen atoms in total. The number of aliphatic carboxylic acids is 1. The van der Waals surface area contributed by atoms with Crippen LogP contribution >= 0.6 is 15.9 Å². The van der Waals surface area contributed by atoms with E-state index in [9.17, 15) is 14.4 Å². The molecule has 0 aliphatic heterocycles. The van der Waals surface area contributed by atoms with Gasteiger partial charge in [-0.15, -0.1) is 0 Å². The molecule has 0 spiro atoms. The number of nitrogens with two attached hydrogens (primary N) is 2. The number of amides is 2. The van der Waals surface area contributed by atoms with Gasteiger partial charge in [-0.05, 0) is 40.5 Å². The molecule has 2 amide bonds. The van der Waals surface area contributed by atoms with Crippen LogP contribution in [-0.4, -0.2) is 28.9 Å². The first-order valence-corrected chi connectivity index (χ1v) is 6.47. The van der Waals surface area contributed by atoms with Gasteiger partial charge in [-0.3, -0.25) is 9.59 Å². The molecule has 0 radical (unpaired) electrons. The second-order valence-corrected chi connectivity index (χ2v) is 4.96. The van der Waals surface area contributed by atoms with E-state index in [1.807, 2.05) is 0 Å². The molecule has 0 saturated carbocycles. The van der Waals surface area contributed by atoms with Gasteiger partial charge in [-0.25, -0.2) is 4.79 Å². The first kappa shape index (κ1) is 16.0. The average molecular weight is 344 g/mol. The number of carboxylic acid groups (broad SMARTS) is 1. The second kappa shape index (κ2) is 6.90. The Hall–Kier alpha value is -2.09. The van der Waals surface area contributed by atoms with E-state index in [0.717, 1.165) is 0 Å². The SMILES string of the molecule is NC(=O)CCC(NC(=O)c1ccc(N)c(Br)c1)C(=O)O. The van der Waals surface area contributed by atoms with E-state index in [1.54, 1.807) is 0 Å². The van der Waals surface area contributed by atoms with Crippen LogP contribution in [0.15, 0.2) is 22.7 Å². The summed E-state index contributed by atoms with van der Waals surface area (Å²) in [6, 6.07) is 3.31. The van der Waals surface area contributed by atoms with Gasteiger partial charge in [0.2, 0.25) is 5.91 Å². The lowest BCUT2D eigenvalue weighted by Gasteiger charge is -2.14. The predicted octanol–water partition coefficient (Wildman–Crippen LogP) is 0.480. The first-order valence-electron chi connectivity index (χ1n) is 5.68. The van der Waals surface area contributed by atoms with Crippen molar-refractivity contribution in [2.75, 3.05) is 5.73 Å². The highest BCUT2D eigenvalue weighted by Gasteiger charge is 2.21. The van der Waals surface area contributed by atoms with E-state index >= 15 is 0 Å². The number of nitrogens with one attached hydrogen (secondary N) is 1. The smallest absolute Gasteiger partial charge is 0.326 e. The third-order valence-corrected chi connectivity index (χ3v) is 3.23. The van der Waals surface area contributed by atoms with E-state index in [0.29, 0.717) is 10.2 Å². The molecule has 108 valence electrons. The minimum absolute atomic E-state index is 0.0629. The Labute approximate surface area is 123 Å². The van der Waals surface area contributed by atoms with Crippen LogP contribution in [0.3, 0.4) is 0 Å². The molecule has 1 atom stereocenters. The van der Waals surface area contributed by atoms with Crippen LogP contribution in [-0.2, 0) is 9.59 Å². The Morgan fingerprint density at radius 1 is 1.35 bits per heavy atom. The minimum Gasteiger partial charge on any atom is -0.480 e. The third-order valence-electron chi connectivity index (χ3n) is 2.55. The Kier molecular flexibility index (Phi) is 5.51. The summed E-state index contributed by atoms with van der Waals surface area (Å²) >= 11 is 3.18. The topological polar surface area (TPSA) is 136 Å². The molecule has 0 saturated heterocycles. The van der Waals surface area contributed by atoms with Crippen LogP contribution < -0.4 is 16.8 Å². The largest absolute Gasteiger partial charge is 0.480 e. The van der Waals surface area contributed by atoms with Gasteiger partial charge in [-0.2, -0.15) is 0 Å². The zero-order valence-corrected chi connectivity index (χ0v) is 12.0. The van der Waals surface area contributed by atoms with E-state index < -0.39 is 23.8 Å². The quantitative estimate of drug-likeness (QED) is 0.557. The molecule has 0 fully saturated rings. The van der Waals surface area contributed by atoms with E-state index in [-0.39, 0.29) is 18.4 Å². The van der Waals surface area contributed by atoms with Crippen molar-refractivity contribution >= 4 is 39.4 Å². The van der Waals surface area contributed by atoms with Gasteiger partial charge in [0, 0.05) is 22.1 Å². The normalized spacial score (nSPS) is 11.7. The number of carboxylic acids is 1. The Balaban J connectivity index is 2.77. The van der Waals surface area contributed by atoms with Crippen molar-refractivity contribution in [3.8, 4) is 0 Å². The molecule has 1 aromatic rings. The predicted molar refractivity (Wildman–Crippen MR) is 75.9 cm³/mol. The summed E-state index contributed by atoms with van der Waals surface area (Å²) in [6.07, 6.45) is -0.185. The van der Waals surface area contributed by atoms with Gasteiger partial charge in [0.25, 0.3) is 5.91 Å². The molecule has 1 aromatic carbocycles. The van der Waals surface area contributed by atoms with Crippen molar-refractivity contribution < 1.29 is 19.5 Å². The summed E-state index contributed by atoms with van der Waals surface area (Å²) in [5.74, 6) is -2.42. The van der Waals surface area contributed by atoms with Crippen LogP contribution in [0.25, 0.3) is 0 Å². The highest BCUT2D eigenvalue weighted by Crippen LogP contribution is 2.20.